The highest BCUT2D eigenvalue weighted by molar-refractivity contribution is 6.31. The van der Waals surface area contributed by atoms with E-state index >= 15 is 0 Å². The Morgan fingerprint density at radius 3 is 2.09 bits per heavy atom. The number of anilines is 1. The van der Waals surface area contributed by atoms with Crippen molar-refractivity contribution in [3.05, 3.63) is 29.8 Å². The molecule has 10 heteroatoms. The Morgan fingerprint density at radius 2 is 1.59 bits per heavy atom. The number of rotatable bonds is 4. The van der Waals surface area contributed by atoms with Gasteiger partial charge in [0.1, 0.15) is 16.9 Å². The molecular formula is C22H25NO9. The minimum Gasteiger partial charge on any atom is -0.468 e. The van der Waals surface area contributed by atoms with E-state index in [4.69, 9.17) is 18.9 Å². The van der Waals surface area contributed by atoms with E-state index in [1.807, 2.05) is 0 Å². The van der Waals surface area contributed by atoms with Crippen LogP contribution in [-0.4, -0.2) is 56.3 Å². The molecule has 1 aliphatic carbocycles. The highest BCUT2D eigenvalue weighted by atomic mass is 16.6. The van der Waals surface area contributed by atoms with Crippen molar-refractivity contribution in [3.8, 4) is 0 Å². The van der Waals surface area contributed by atoms with Crippen molar-refractivity contribution in [2.75, 3.05) is 25.7 Å². The standard InChI is InChI=1S/C22H25NO9/c1-7-31-15(24)14-21(22(14,17(26)29-5)18(27)30-6)12-10-8-9-11-13(12)23(16(21)25)19(28)32-20(2,3)4/h8-11,14H,7H2,1-6H3. The fourth-order valence-electron chi connectivity index (χ4n) is 4.57. The fourth-order valence-corrected chi connectivity index (χ4v) is 4.57. The maximum atomic E-state index is 13.9. The van der Waals surface area contributed by atoms with Gasteiger partial charge in [-0.05, 0) is 39.3 Å². The van der Waals surface area contributed by atoms with Gasteiger partial charge in [0.15, 0.2) is 5.41 Å². The number of ether oxygens (including phenoxy) is 4. The second-order valence-electron chi connectivity index (χ2n) is 8.42. The lowest BCUT2D eigenvalue weighted by Gasteiger charge is -2.24. The molecule has 1 fully saturated rings. The van der Waals surface area contributed by atoms with Crippen LogP contribution in [0.25, 0.3) is 0 Å². The Labute approximate surface area is 184 Å². The van der Waals surface area contributed by atoms with Gasteiger partial charge in [0.25, 0.3) is 0 Å². The van der Waals surface area contributed by atoms with Crippen molar-refractivity contribution in [3.63, 3.8) is 0 Å². The second-order valence-corrected chi connectivity index (χ2v) is 8.42. The SMILES string of the molecule is CCOC(=O)C1C(C(=O)OC)(C(=O)OC)C12C(=O)N(C(=O)OC(C)(C)C)c1ccccc12. The number of amides is 2. The number of nitrogens with zero attached hydrogens (tertiary/aromatic N) is 1. The Morgan fingerprint density at radius 1 is 1.03 bits per heavy atom. The van der Waals surface area contributed by atoms with Crippen LogP contribution in [-0.2, 0) is 43.5 Å². The van der Waals surface area contributed by atoms with Gasteiger partial charge in [-0.1, -0.05) is 18.2 Å². The monoisotopic (exact) mass is 447 g/mol. The Hall–Kier alpha value is -3.43. The first-order chi connectivity index (χ1) is 15.0. The zero-order valence-corrected chi connectivity index (χ0v) is 18.7. The van der Waals surface area contributed by atoms with E-state index in [1.54, 1.807) is 39.8 Å². The van der Waals surface area contributed by atoms with Gasteiger partial charge in [-0.3, -0.25) is 19.2 Å². The summed E-state index contributed by atoms with van der Waals surface area (Å²) < 4.78 is 20.2. The molecule has 1 aromatic rings. The van der Waals surface area contributed by atoms with Gasteiger partial charge in [0, 0.05) is 0 Å². The van der Waals surface area contributed by atoms with E-state index < -0.39 is 52.3 Å². The zero-order chi connectivity index (χ0) is 24.1. The molecule has 0 N–H and O–H groups in total. The van der Waals surface area contributed by atoms with Crippen molar-refractivity contribution in [2.45, 2.75) is 38.7 Å². The molecule has 1 saturated carbocycles. The zero-order valence-electron chi connectivity index (χ0n) is 18.7. The third-order valence-electron chi connectivity index (χ3n) is 5.63. The number of carbonyl (C=O) groups excluding carboxylic acids is 5. The molecule has 2 atom stereocenters. The quantitative estimate of drug-likeness (QED) is 0.385. The smallest absolute Gasteiger partial charge is 0.421 e. The van der Waals surface area contributed by atoms with Gasteiger partial charge in [0.05, 0.1) is 26.5 Å². The predicted octanol–water partition coefficient (Wildman–Crippen LogP) is 1.73. The lowest BCUT2D eigenvalue weighted by atomic mass is 9.86. The number of benzene rings is 1. The van der Waals surface area contributed by atoms with Gasteiger partial charge in [-0.2, -0.15) is 0 Å². The molecule has 0 radical (unpaired) electrons. The molecule has 32 heavy (non-hydrogen) atoms. The van der Waals surface area contributed by atoms with Crippen LogP contribution in [0.2, 0.25) is 0 Å². The van der Waals surface area contributed by atoms with Crippen molar-refractivity contribution < 1.29 is 42.9 Å². The van der Waals surface area contributed by atoms with Crippen LogP contribution in [0.3, 0.4) is 0 Å². The third kappa shape index (κ3) is 2.81. The van der Waals surface area contributed by atoms with Crippen molar-refractivity contribution >= 4 is 35.6 Å². The molecule has 1 spiro atoms. The lowest BCUT2D eigenvalue weighted by molar-refractivity contribution is -0.166. The Kier molecular flexibility index (Phi) is 5.53. The number of carbonyl (C=O) groups is 5. The van der Waals surface area contributed by atoms with Gasteiger partial charge in [0.2, 0.25) is 5.91 Å². The Balaban J connectivity index is 2.30. The fraction of sp³-hybridized carbons (Fsp3) is 0.500. The Bertz CT molecular complexity index is 993. The molecule has 3 rings (SSSR count). The predicted molar refractivity (Wildman–Crippen MR) is 108 cm³/mol. The van der Waals surface area contributed by atoms with Crippen LogP contribution >= 0.6 is 0 Å². The largest absolute Gasteiger partial charge is 0.468 e. The molecule has 1 aliphatic heterocycles. The van der Waals surface area contributed by atoms with Crippen molar-refractivity contribution in [2.24, 2.45) is 11.3 Å². The van der Waals surface area contributed by atoms with Crippen LogP contribution in [0.15, 0.2) is 24.3 Å². The van der Waals surface area contributed by atoms with E-state index in [1.165, 1.54) is 12.1 Å². The maximum absolute atomic E-state index is 13.9. The highest BCUT2D eigenvalue weighted by Crippen LogP contribution is 2.75. The molecule has 1 aromatic carbocycles. The minimum atomic E-state index is -2.35. The third-order valence-corrected chi connectivity index (χ3v) is 5.63. The van der Waals surface area contributed by atoms with Crippen LogP contribution in [0.5, 0.6) is 0 Å². The van der Waals surface area contributed by atoms with Gasteiger partial charge < -0.3 is 18.9 Å². The van der Waals surface area contributed by atoms with Crippen molar-refractivity contribution in [1.82, 2.24) is 0 Å². The topological polar surface area (TPSA) is 126 Å². The van der Waals surface area contributed by atoms with Crippen LogP contribution in [0, 0.1) is 11.3 Å². The minimum absolute atomic E-state index is 0.0601. The van der Waals surface area contributed by atoms with E-state index in [0.29, 0.717) is 0 Å². The summed E-state index contributed by atoms with van der Waals surface area (Å²) in [4.78, 5) is 66.6. The number of esters is 3. The summed E-state index contributed by atoms with van der Waals surface area (Å²) in [5, 5.41) is 0. The van der Waals surface area contributed by atoms with E-state index in [0.717, 1.165) is 19.1 Å². The summed E-state index contributed by atoms with van der Waals surface area (Å²) in [6, 6.07) is 6.07. The van der Waals surface area contributed by atoms with E-state index in [2.05, 4.69) is 0 Å². The van der Waals surface area contributed by atoms with Gasteiger partial charge >= 0.3 is 24.0 Å². The summed E-state index contributed by atoms with van der Waals surface area (Å²) in [7, 11) is 2.05. The first-order valence-electron chi connectivity index (χ1n) is 9.97. The van der Waals surface area contributed by atoms with Gasteiger partial charge in [-0.15, -0.1) is 0 Å². The molecule has 2 unspecified atom stereocenters. The molecule has 2 aliphatic rings. The molecule has 0 aromatic heterocycles. The van der Waals surface area contributed by atoms with Crippen LogP contribution < -0.4 is 4.90 Å². The molecule has 0 bridgehead atoms. The number of hydrogen-bond donors (Lipinski definition) is 0. The molecule has 0 saturated heterocycles. The molecule has 172 valence electrons. The molecular weight excluding hydrogens is 422 g/mol. The van der Waals surface area contributed by atoms with Crippen LogP contribution in [0.4, 0.5) is 10.5 Å². The summed E-state index contributed by atoms with van der Waals surface area (Å²) in [6.07, 6.45) is -1.01. The number of hydrogen-bond acceptors (Lipinski definition) is 9. The van der Waals surface area contributed by atoms with Crippen LogP contribution in [0.1, 0.15) is 33.3 Å². The number of imide groups is 1. The molecule has 1 heterocycles. The second kappa shape index (κ2) is 7.61. The first kappa shape index (κ1) is 23.2. The molecule has 10 nitrogen and oxygen atoms in total. The highest BCUT2D eigenvalue weighted by Gasteiger charge is 2.95. The average Bonchev–Trinajstić information content (AvgIpc) is 3.29. The summed E-state index contributed by atoms with van der Waals surface area (Å²) in [6.45, 7) is 6.36. The number of para-hydroxylation sites is 1. The average molecular weight is 447 g/mol. The lowest BCUT2D eigenvalue weighted by Crippen LogP contribution is -2.45. The van der Waals surface area contributed by atoms with E-state index in [-0.39, 0.29) is 17.9 Å². The normalized spacial score (nSPS) is 22.8. The molecule has 2 amide bonds. The number of methoxy groups -OCH3 is 2. The number of fused-ring (bicyclic) bond motifs is 2. The maximum Gasteiger partial charge on any atom is 0.421 e. The summed E-state index contributed by atoms with van der Waals surface area (Å²) in [5.41, 5.74) is -5.14. The summed E-state index contributed by atoms with van der Waals surface area (Å²) in [5.74, 6) is -5.80. The van der Waals surface area contributed by atoms with Gasteiger partial charge in [-0.25, -0.2) is 9.69 Å². The summed E-state index contributed by atoms with van der Waals surface area (Å²) >= 11 is 0. The van der Waals surface area contributed by atoms with E-state index in [9.17, 15) is 24.0 Å². The van der Waals surface area contributed by atoms with Crippen molar-refractivity contribution in [1.29, 1.82) is 0 Å². The first-order valence-corrected chi connectivity index (χ1v) is 9.97.